The molecular formula is C13H23N3S. The van der Waals surface area contributed by atoms with Crippen molar-refractivity contribution in [3.63, 3.8) is 0 Å². The summed E-state index contributed by atoms with van der Waals surface area (Å²) < 4.78 is 0. The molecule has 0 saturated carbocycles. The molecule has 0 spiro atoms. The first-order valence-electron chi connectivity index (χ1n) is 6.57. The normalized spacial score (nSPS) is 17.2. The summed E-state index contributed by atoms with van der Waals surface area (Å²) >= 11 is 1.81. The number of nitrogens with zero attached hydrogens (tertiary/aromatic N) is 1. The van der Waals surface area contributed by atoms with Crippen LogP contribution in [0.4, 0.5) is 5.00 Å². The van der Waals surface area contributed by atoms with E-state index in [-0.39, 0.29) is 0 Å². The molecular weight excluding hydrogens is 230 g/mol. The van der Waals surface area contributed by atoms with Gasteiger partial charge in [0.1, 0.15) is 0 Å². The van der Waals surface area contributed by atoms with Gasteiger partial charge in [0, 0.05) is 32.7 Å². The molecule has 1 aromatic heterocycles. The Morgan fingerprint density at radius 1 is 1.35 bits per heavy atom. The molecule has 1 fully saturated rings. The zero-order valence-corrected chi connectivity index (χ0v) is 11.5. The molecule has 2 heterocycles. The van der Waals surface area contributed by atoms with Crippen LogP contribution in [0.2, 0.25) is 0 Å². The number of rotatable bonds is 6. The first-order valence-corrected chi connectivity index (χ1v) is 7.45. The summed E-state index contributed by atoms with van der Waals surface area (Å²) in [5.41, 5.74) is 1.37. The van der Waals surface area contributed by atoms with Crippen molar-refractivity contribution < 1.29 is 0 Å². The summed E-state index contributed by atoms with van der Waals surface area (Å²) in [6, 6.07) is 2.17. The third-order valence-corrected chi connectivity index (χ3v) is 4.23. The predicted octanol–water partition coefficient (Wildman–Crippen LogP) is 2.15. The van der Waals surface area contributed by atoms with E-state index in [9.17, 15) is 0 Å². The number of hydrogen-bond acceptors (Lipinski definition) is 4. The van der Waals surface area contributed by atoms with Gasteiger partial charge in [0.2, 0.25) is 0 Å². The molecule has 1 aliphatic heterocycles. The van der Waals surface area contributed by atoms with Gasteiger partial charge >= 0.3 is 0 Å². The van der Waals surface area contributed by atoms with Crippen molar-refractivity contribution in [3.8, 4) is 0 Å². The van der Waals surface area contributed by atoms with E-state index in [1.165, 1.54) is 43.0 Å². The lowest BCUT2D eigenvalue weighted by molar-refractivity contribution is 0.237. The molecule has 1 aliphatic rings. The molecule has 1 aromatic rings. The molecule has 2 rings (SSSR count). The maximum atomic E-state index is 3.52. The van der Waals surface area contributed by atoms with Crippen LogP contribution in [0.1, 0.15) is 18.4 Å². The third-order valence-electron chi connectivity index (χ3n) is 3.26. The summed E-state index contributed by atoms with van der Waals surface area (Å²) in [6.07, 6.45) is 2.57. The quantitative estimate of drug-likeness (QED) is 0.761. The van der Waals surface area contributed by atoms with E-state index in [0.717, 1.165) is 19.6 Å². The molecule has 0 radical (unpaired) electrons. The largest absolute Gasteiger partial charge is 0.377 e. The first kappa shape index (κ1) is 12.9. The topological polar surface area (TPSA) is 27.3 Å². The van der Waals surface area contributed by atoms with Crippen LogP contribution in [0.5, 0.6) is 0 Å². The average molecular weight is 253 g/mol. The predicted molar refractivity (Wildman–Crippen MR) is 76.1 cm³/mol. The van der Waals surface area contributed by atoms with Crippen molar-refractivity contribution in [2.24, 2.45) is 0 Å². The highest BCUT2D eigenvalue weighted by Crippen LogP contribution is 2.21. The average Bonchev–Trinajstić information content (AvgIpc) is 2.76. The summed E-state index contributed by atoms with van der Waals surface area (Å²) in [4.78, 5) is 2.56. The van der Waals surface area contributed by atoms with Crippen LogP contribution in [0.3, 0.4) is 0 Å². The van der Waals surface area contributed by atoms with Gasteiger partial charge in [-0.15, -0.1) is 11.3 Å². The minimum absolute atomic E-state index is 1.10. The Hall–Kier alpha value is -0.580. The standard InChI is InChI=1S/C13H23N3S/c1-12-4-11-17-13(12)15-5-2-3-8-16-9-6-14-7-10-16/h4,11,14-15H,2-3,5-10H2,1H3. The van der Waals surface area contributed by atoms with Crippen molar-refractivity contribution in [2.75, 3.05) is 44.6 Å². The zero-order chi connectivity index (χ0) is 11.9. The highest BCUT2D eigenvalue weighted by atomic mass is 32.1. The maximum absolute atomic E-state index is 3.52. The molecule has 1 saturated heterocycles. The molecule has 0 aliphatic carbocycles. The highest BCUT2D eigenvalue weighted by Gasteiger charge is 2.08. The Balaban J connectivity index is 1.53. The number of thiophene rings is 1. The first-order chi connectivity index (χ1) is 8.36. The van der Waals surface area contributed by atoms with Gasteiger partial charge in [0.15, 0.2) is 0 Å². The van der Waals surface area contributed by atoms with E-state index in [4.69, 9.17) is 0 Å². The SMILES string of the molecule is Cc1ccsc1NCCCCN1CCNCC1. The van der Waals surface area contributed by atoms with Crippen LogP contribution in [0.15, 0.2) is 11.4 Å². The second-order valence-corrected chi connectivity index (χ2v) is 5.57. The zero-order valence-electron chi connectivity index (χ0n) is 10.7. The minimum atomic E-state index is 1.10. The van der Waals surface area contributed by atoms with E-state index in [2.05, 4.69) is 33.9 Å². The molecule has 0 amide bonds. The number of nitrogens with one attached hydrogen (secondary N) is 2. The van der Waals surface area contributed by atoms with E-state index in [1.807, 2.05) is 0 Å². The summed E-state index contributed by atoms with van der Waals surface area (Å²) in [5.74, 6) is 0. The van der Waals surface area contributed by atoms with Crippen LogP contribution in [-0.2, 0) is 0 Å². The molecule has 0 bridgehead atoms. The monoisotopic (exact) mass is 253 g/mol. The van der Waals surface area contributed by atoms with Crippen molar-refractivity contribution in [3.05, 3.63) is 17.0 Å². The van der Waals surface area contributed by atoms with Gasteiger partial charge in [0.25, 0.3) is 0 Å². The fraction of sp³-hybridized carbons (Fsp3) is 0.692. The van der Waals surface area contributed by atoms with Gasteiger partial charge in [-0.2, -0.15) is 0 Å². The van der Waals surface area contributed by atoms with Gasteiger partial charge in [-0.1, -0.05) is 0 Å². The van der Waals surface area contributed by atoms with E-state index >= 15 is 0 Å². The molecule has 0 atom stereocenters. The Kier molecular flexibility index (Phi) is 5.29. The van der Waals surface area contributed by atoms with Crippen LogP contribution in [0.25, 0.3) is 0 Å². The Morgan fingerprint density at radius 3 is 2.88 bits per heavy atom. The van der Waals surface area contributed by atoms with Gasteiger partial charge < -0.3 is 15.5 Å². The van der Waals surface area contributed by atoms with Crippen molar-refractivity contribution in [1.82, 2.24) is 10.2 Å². The van der Waals surface area contributed by atoms with Crippen molar-refractivity contribution in [2.45, 2.75) is 19.8 Å². The second-order valence-electron chi connectivity index (χ2n) is 4.66. The number of hydrogen-bond donors (Lipinski definition) is 2. The Bertz CT molecular complexity index is 318. The number of anilines is 1. The number of aryl methyl sites for hydroxylation is 1. The number of piperazine rings is 1. The van der Waals surface area contributed by atoms with Crippen molar-refractivity contribution >= 4 is 16.3 Å². The summed E-state index contributed by atoms with van der Waals surface area (Å²) in [5, 5.41) is 10.4. The number of unbranched alkanes of at least 4 members (excludes halogenated alkanes) is 1. The molecule has 0 unspecified atom stereocenters. The lowest BCUT2D eigenvalue weighted by Gasteiger charge is -2.27. The minimum Gasteiger partial charge on any atom is -0.377 e. The van der Waals surface area contributed by atoms with E-state index in [0.29, 0.717) is 0 Å². The third kappa shape index (κ3) is 4.30. The lowest BCUT2D eigenvalue weighted by Crippen LogP contribution is -2.43. The maximum Gasteiger partial charge on any atom is 0.0912 e. The van der Waals surface area contributed by atoms with E-state index < -0.39 is 0 Å². The second kappa shape index (κ2) is 6.99. The molecule has 2 N–H and O–H groups in total. The lowest BCUT2D eigenvalue weighted by atomic mass is 10.2. The smallest absolute Gasteiger partial charge is 0.0912 e. The van der Waals surface area contributed by atoms with E-state index in [1.54, 1.807) is 11.3 Å². The van der Waals surface area contributed by atoms with Crippen LogP contribution in [-0.4, -0.2) is 44.2 Å². The molecule has 3 nitrogen and oxygen atoms in total. The van der Waals surface area contributed by atoms with Crippen LogP contribution >= 0.6 is 11.3 Å². The van der Waals surface area contributed by atoms with Crippen LogP contribution in [0, 0.1) is 6.92 Å². The Morgan fingerprint density at radius 2 is 2.18 bits per heavy atom. The summed E-state index contributed by atoms with van der Waals surface area (Å²) in [6.45, 7) is 9.29. The van der Waals surface area contributed by atoms with Gasteiger partial charge in [-0.25, -0.2) is 0 Å². The van der Waals surface area contributed by atoms with Gasteiger partial charge in [0.05, 0.1) is 5.00 Å². The molecule has 17 heavy (non-hydrogen) atoms. The van der Waals surface area contributed by atoms with Crippen molar-refractivity contribution in [1.29, 1.82) is 0 Å². The fourth-order valence-corrected chi connectivity index (χ4v) is 3.00. The highest BCUT2D eigenvalue weighted by molar-refractivity contribution is 7.14. The fourth-order valence-electron chi connectivity index (χ4n) is 2.15. The van der Waals surface area contributed by atoms with Gasteiger partial charge in [-0.3, -0.25) is 0 Å². The molecule has 96 valence electrons. The molecule has 4 heteroatoms. The molecule has 0 aromatic carbocycles. The van der Waals surface area contributed by atoms with Gasteiger partial charge in [-0.05, 0) is 43.3 Å². The Labute approximate surface area is 108 Å². The van der Waals surface area contributed by atoms with Crippen LogP contribution < -0.4 is 10.6 Å². The summed E-state index contributed by atoms with van der Waals surface area (Å²) in [7, 11) is 0.